The molecule has 2 heterocycles. The molecule has 2 aromatic rings. The molecule has 22 heavy (non-hydrogen) atoms. The average molecular weight is 304 g/mol. The highest BCUT2D eigenvalue weighted by atomic mass is 16.5. The molecule has 0 aromatic carbocycles. The van der Waals surface area contributed by atoms with Crippen molar-refractivity contribution in [3.05, 3.63) is 46.7 Å². The van der Waals surface area contributed by atoms with Crippen molar-refractivity contribution in [1.29, 1.82) is 0 Å². The van der Waals surface area contributed by atoms with E-state index in [-0.39, 0.29) is 5.56 Å². The Hall–Kier alpha value is -2.90. The number of nitrogens with one attached hydrogen (secondary N) is 1. The summed E-state index contributed by atoms with van der Waals surface area (Å²) in [5.74, 6) is -1.13. The molecule has 0 aliphatic heterocycles. The number of hydrogen-bond donors (Lipinski definition) is 1. The Bertz CT molecular complexity index is 706. The van der Waals surface area contributed by atoms with Gasteiger partial charge in [-0.2, -0.15) is 9.83 Å². The fourth-order valence-electron chi connectivity index (χ4n) is 1.89. The SMILES string of the molecule is Cc1nn(C)c(C)c1NC(=O)COC(=O)c1cc[n+]([O-])cc1. The van der Waals surface area contributed by atoms with Gasteiger partial charge in [0.1, 0.15) is 0 Å². The Morgan fingerprint density at radius 2 is 2.00 bits per heavy atom. The van der Waals surface area contributed by atoms with E-state index < -0.39 is 18.5 Å². The first kappa shape index (κ1) is 15.5. The molecule has 0 saturated carbocycles. The molecular formula is C14H16N4O4. The summed E-state index contributed by atoms with van der Waals surface area (Å²) in [6.45, 7) is 3.18. The zero-order chi connectivity index (χ0) is 16.3. The van der Waals surface area contributed by atoms with E-state index in [0.717, 1.165) is 5.69 Å². The summed E-state index contributed by atoms with van der Waals surface area (Å²) >= 11 is 0. The summed E-state index contributed by atoms with van der Waals surface area (Å²) in [6.07, 6.45) is 2.36. The second-order valence-electron chi connectivity index (χ2n) is 4.74. The van der Waals surface area contributed by atoms with E-state index in [4.69, 9.17) is 4.74 Å². The topological polar surface area (TPSA) is 100 Å². The van der Waals surface area contributed by atoms with E-state index in [1.165, 1.54) is 24.5 Å². The van der Waals surface area contributed by atoms with Crippen LogP contribution in [0.15, 0.2) is 24.5 Å². The van der Waals surface area contributed by atoms with Gasteiger partial charge in [-0.05, 0) is 13.8 Å². The first-order valence-corrected chi connectivity index (χ1v) is 6.54. The van der Waals surface area contributed by atoms with Crippen molar-refractivity contribution in [2.24, 2.45) is 7.05 Å². The lowest BCUT2D eigenvalue weighted by Crippen LogP contribution is -2.25. The van der Waals surface area contributed by atoms with E-state index in [2.05, 4.69) is 10.4 Å². The number of rotatable bonds is 4. The van der Waals surface area contributed by atoms with Gasteiger partial charge in [0.2, 0.25) is 0 Å². The first-order valence-electron chi connectivity index (χ1n) is 6.54. The number of aryl methyl sites for hydroxylation is 2. The van der Waals surface area contributed by atoms with Crippen LogP contribution >= 0.6 is 0 Å². The van der Waals surface area contributed by atoms with Crippen molar-refractivity contribution >= 4 is 17.6 Å². The van der Waals surface area contributed by atoms with Crippen LogP contribution in [0.25, 0.3) is 0 Å². The van der Waals surface area contributed by atoms with Gasteiger partial charge >= 0.3 is 5.97 Å². The molecule has 0 aliphatic rings. The first-order chi connectivity index (χ1) is 10.4. The molecule has 0 bridgehead atoms. The Kier molecular flexibility index (Phi) is 4.40. The molecule has 0 atom stereocenters. The monoisotopic (exact) mass is 304 g/mol. The molecular weight excluding hydrogens is 288 g/mol. The Morgan fingerprint density at radius 3 is 2.55 bits per heavy atom. The summed E-state index contributed by atoms with van der Waals surface area (Å²) in [6, 6.07) is 2.64. The maximum Gasteiger partial charge on any atom is 0.339 e. The van der Waals surface area contributed by atoms with Crippen LogP contribution in [-0.4, -0.2) is 28.3 Å². The third-order valence-electron chi connectivity index (χ3n) is 3.15. The molecule has 0 fully saturated rings. The van der Waals surface area contributed by atoms with Crippen molar-refractivity contribution in [2.45, 2.75) is 13.8 Å². The van der Waals surface area contributed by atoms with Gasteiger partial charge in [-0.15, -0.1) is 0 Å². The Balaban J connectivity index is 1.92. The minimum absolute atomic E-state index is 0.202. The van der Waals surface area contributed by atoms with Crippen LogP contribution in [0.3, 0.4) is 0 Å². The van der Waals surface area contributed by atoms with Crippen molar-refractivity contribution < 1.29 is 19.1 Å². The van der Waals surface area contributed by atoms with Gasteiger partial charge in [0.05, 0.1) is 22.6 Å². The Labute approximate surface area is 126 Å². The maximum atomic E-state index is 11.8. The smallest absolute Gasteiger partial charge is 0.339 e. The zero-order valence-corrected chi connectivity index (χ0v) is 12.5. The number of ether oxygens (including phenoxy) is 1. The number of anilines is 1. The number of aromatic nitrogens is 3. The normalized spacial score (nSPS) is 10.3. The second-order valence-corrected chi connectivity index (χ2v) is 4.74. The van der Waals surface area contributed by atoms with Gasteiger partial charge < -0.3 is 15.3 Å². The van der Waals surface area contributed by atoms with Crippen LogP contribution in [0.2, 0.25) is 0 Å². The lowest BCUT2D eigenvalue weighted by Gasteiger charge is -2.07. The van der Waals surface area contributed by atoms with Crippen molar-refractivity contribution in [1.82, 2.24) is 9.78 Å². The number of amides is 1. The number of hydrogen-bond acceptors (Lipinski definition) is 5. The number of pyridine rings is 1. The fourth-order valence-corrected chi connectivity index (χ4v) is 1.89. The standard InChI is InChI=1S/C14H16N4O4/c1-9-13(10(2)17(3)16-9)15-12(19)8-22-14(20)11-4-6-18(21)7-5-11/h4-7H,8H2,1-3H3,(H,15,19). The minimum Gasteiger partial charge on any atom is -0.619 e. The molecule has 0 saturated heterocycles. The largest absolute Gasteiger partial charge is 0.619 e. The lowest BCUT2D eigenvalue weighted by molar-refractivity contribution is -0.605. The summed E-state index contributed by atoms with van der Waals surface area (Å²) in [5.41, 5.74) is 2.30. The third-order valence-corrected chi connectivity index (χ3v) is 3.15. The summed E-state index contributed by atoms with van der Waals surface area (Å²) in [7, 11) is 1.77. The highest BCUT2D eigenvalue weighted by Gasteiger charge is 2.15. The van der Waals surface area contributed by atoms with Gasteiger partial charge in [0.25, 0.3) is 5.91 Å². The van der Waals surface area contributed by atoms with E-state index in [0.29, 0.717) is 16.1 Å². The molecule has 2 rings (SSSR count). The van der Waals surface area contributed by atoms with Crippen LogP contribution < -0.4 is 10.0 Å². The predicted molar refractivity (Wildman–Crippen MR) is 77.0 cm³/mol. The summed E-state index contributed by atoms with van der Waals surface area (Å²) < 4.78 is 7.10. The quantitative estimate of drug-likeness (QED) is 0.502. The number of carbonyl (C=O) groups is 2. The molecule has 0 radical (unpaired) electrons. The molecule has 0 spiro atoms. The van der Waals surface area contributed by atoms with Crippen LogP contribution in [0.4, 0.5) is 5.69 Å². The van der Waals surface area contributed by atoms with Gasteiger partial charge in [-0.1, -0.05) is 0 Å². The predicted octanol–water partition coefficient (Wildman–Crippen LogP) is 0.466. The molecule has 8 nitrogen and oxygen atoms in total. The van der Waals surface area contributed by atoms with Crippen LogP contribution in [0, 0.1) is 19.1 Å². The van der Waals surface area contributed by atoms with Gasteiger partial charge in [0.15, 0.2) is 19.0 Å². The van der Waals surface area contributed by atoms with Gasteiger partial charge in [-0.3, -0.25) is 9.48 Å². The molecule has 2 aromatic heterocycles. The van der Waals surface area contributed by atoms with E-state index in [1.807, 2.05) is 6.92 Å². The number of carbonyl (C=O) groups excluding carboxylic acids is 2. The molecule has 1 N–H and O–H groups in total. The van der Waals surface area contributed by atoms with E-state index >= 15 is 0 Å². The molecule has 116 valence electrons. The number of nitrogens with zero attached hydrogens (tertiary/aromatic N) is 3. The van der Waals surface area contributed by atoms with Crippen molar-refractivity contribution in [2.75, 3.05) is 11.9 Å². The highest BCUT2D eigenvalue weighted by molar-refractivity contribution is 5.96. The molecule has 0 aliphatic carbocycles. The van der Waals surface area contributed by atoms with E-state index in [1.54, 1.807) is 18.7 Å². The summed E-state index contributed by atoms with van der Waals surface area (Å²) in [5, 5.41) is 17.7. The molecule has 0 unspecified atom stereocenters. The fraction of sp³-hybridized carbons (Fsp3) is 0.286. The summed E-state index contributed by atoms with van der Waals surface area (Å²) in [4.78, 5) is 23.6. The van der Waals surface area contributed by atoms with E-state index in [9.17, 15) is 14.8 Å². The molecule has 1 amide bonds. The maximum absolute atomic E-state index is 11.8. The van der Waals surface area contributed by atoms with Crippen molar-refractivity contribution in [3.63, 3.8) is 0 Å². The average Bonchev–Trinajstić information content (AvgIpc) is 2.72. The second kappa shape index (κ2) is 6.25. The van der Waals surface area contributed by atoms with Crippen LogP contribution in [0.1, 0.15) is 21.7 Å². The van der Waals surface area contributed by atoms with Crippen LogP contribution in [-0.2, 0) is 16.6 Å². The molecule has 8 heteroatoms. The lowest BCUT2D eigenvalue weighted by atomic mass is 10.3. The van der Waals surface area contributed by atoms with Crippen molar-refractivity contribution in [3.8, 4) is 0 Å². The highest BCUT2D eigenvalue weighted by Crippen LogP contribution is 2.18. The van der Waals surface area contributed by atoms with Crippen LogP contribution in [0.5, 0.6) is 0 Å². The zero-order valence-electron chi connectivity index (χ0n) is 12.5. The minimum atomic E-state index is -0.671. The van der Waals surface area contributed by atoms with Gasteiger partial charge in [0, 0.05) is 19.2 Å². The van der Waals surface area contributed by atoms with Gasteiger partial charge in [-0.25, -0.2) is 4.79 Å². The third kappa shape index (κ3) is 3.40. The Morgan fingerprint density at radius 1 is 1.36 bits per heavy atom. The number of esters is 1.